The van der Waals surface area contributed by atoms with Gasteiger partial charge in [0.1, 0.15) is 0 Å². The number of nitrogens with zero attached hydrogens (tertiary/aromatic N) is 2. The van der Waals surface area contributed by atoms with Crippen LogP contribution < -0.4 is 5.32 Å². The first-order valence-corrected chi connectivity index (χ1v) is 7.04. The summed E-state index contributed by atoms with van der Waals surface area (Å²) in [6.45, 7) is 9.24. The molecule has 2 heterocycles. The molecule has 1 aromatic heterocycles. The molecular formula is C15H23N3O. The van der Waals surface area contributed by atoms with E-state index in [1.54, 1.807) is 0 Å². The highest BCUT2D eigenvalue weighted by Gasteiger charge is 2.32. The predicted molar refractivity (Wildman–Crippen MR) is 75.6 cm³/mol. The second-order valence-electron chi connectivity index (χ2n) is 5.36. The summed E-state index contributed by atoms with van der Waals surface area (Å²) >= 11 is 0. The average Bonchev–Trinajstić information content (AvgIpc) is 2.81. The Morgan fingerprint density at radius 1 is 1.47 bits per heavy atom. The molecule has 1 aromatic rings. The number of amides is 1. The molecule has 2 atom stereocenters. The van der Waals surface area contributed by atoms with Crippen molar-refractivity contribution in [2.24, 2.45) is 11.8 Å². The molecule has 0 aliphatic carbocycles. The second-order valence-corrected chi connectivity index (χ2v) is 5.36. The summed E-state index contributed by atoms with van der Waals surface area (Å²) < 4.78 is 0. The number of aromatic nitrogens is 1. The first kappa shape index (κ1) is 14.0. The van der Waals surface area contributed by atoms with Crippen molar-refractivity contribution in [1.82, 2.24) is 15.2 Å². The van der Waals surface area contributed by atoms with Gasteiger partial charge in [0.2, 0.25) is 5.91 Å². The van der Waals surface area contributed by atoms with Gasteiger partial charge >= 0.3 is 0 Å². The fraction of sp³-hybridized carbons (Fsp3) is 0.600. The molecule has 1 fully saturated rings. The Kier molecular flexibility index (Phi) is 4.53. The normalized spacial score (nSPS) is 22.5. The lowest BCUT2D eigenvalue weighted by Gasteiger charge is -2.25. The molecule has 1 aliphatic rings. The zero-order chi connectivity index (χ0) is 13.8. The monoisotopic (exact) mass is 261 g/mol. The van der Waals surface area contributed by atoms with Gasteiger partial charge in [-0.25, -0.2) is 0 Å². The molecule has 0 spiro atoms. The largest absolute Gasteiger partial charge is 0.337 e. The number of aryl methyl sites for hydroxylation is 1. The quantitative estimate of drug-likeness (QED) is 0.895. The summed E-state index contributed by atoms with van der Waals surface area (Å²) in [7, 11) is 0. The molecule has 4 heteroatoms. The van der Waals surface area contributed by atoms with Gasteiger partial charge in [-0.1, -0.05) is 13.0 Å². The maximum absolute atomic E-state index is 12.5. The molecule has 19 heavy (non-hydrogen) atoms. The summed E-state index contributed by atoms with van der Waals surface area (Å²) in [5.41, 5.74) is 1.96. The minimum atomic E-state index is 0.116. The second kappa shape index (κ2) is 6.15. The highest BCUT2D eigenvalue weighted by atomic mass is 16.2. The van der Waals surface area contributed by atoms with Crippen LogP contribution in [0.3, 0.4) is 0 Å². The standard InChI is InChI=1S/C15H23N3O/c1-4-18(10-13-7-5-6-12(3)17-13)15(19)14-9-16-8-11(14)2/h5-7,11,14,16H,4,8-10H2,1-3H3/t11-,14-/m1/s1. The lowest BCUT2D eigenvalue weighted by molar-refractivity contribution is -0.136. The molecule has 1 N–H and O–H groups in total. The molecule has 0 bridgehead atoms. The van der Waals surface area contributed by atoms with Crippen LogP contribution in [0.2, 0.25) is 0 Å². The molecule has 104 valence electrons. The van der Waals surface area contributed by atoms with E-state index >= 15 is 0 Å². The maximum Gasteiger partial charge on any atom is 0.227 e. The molecule has 0 aromatic carbocycles. The number of rotatable bonds is 4. The van der Waals surface area contributed by atoms with Crippen LogP contribution in [0.1, 0.15) is 25.2 Å². The lowest BCUT2D eigenvalue weighted by Crippen LogP contribution is -2.38. The van der Waals surface area contributed by atoms with Crippen LogP contribution in [-0.4, -0.2) is 35.4 Å². The number of carbonyl (C=O) groups is 1. The highest BCUT2D eigenvalue weighted by Crippen LogP contribution is 2.19. The minimum absolute atomic E-state index is 0.116. The van der Waals surface area contributed by atoms with E-state index in [1.807, 2.05) is 36.9 Å². The maximum atomic E-state index is 12.5. The van der Waals surface area contributed by atoms with Crippen molar-refractivity contribution in [3.8, 4) is 0 Å². The van der Waals surface area contributed by atoms with E-state index in [2.05, 4.69) is 17.2 Å². The van der Waals surface area contributed by atoms with Crippen LogP contribution in [0, 0.1) is 18.8 Å². The van der Waals surface area contributed by atoms with E-state index in [1.165, 1.54) is 0 Å². The third-order valence-corrected chi connectivity index (χ3v) is 3.83. The Morgan fingerprint density at radius 3 is 2.84 bits per heavy atom. The number of hydrogen-bond acceptors (Lipinski definition) is 3. The van der Waals surface area contributed by atoms with Crippen molar-refractivity contribution in [2.45, 2.75) is 27.3 Å². The Hall–Kier alpha value is -1.42. The molecule has 0 saturated carbocycles. The first-order valence-electron chi connectivity index (χ1n) is 7.04. The van der Waals surface area contributed by atoms with E-state index in [0.29, 0.717) is 12.5 Å². The summed E-state index contributed by atoms with van der Waals surface area (Å²) in [6, 6.07) is 5.96. The average molecular weight is 261 g/mol. The van der Waals surface area contributed by atoms with Crippen molar-refractivity contribution >= 4 is 5.91 Å². The minimum Gasteiger partial charge on any atom is -0.337 e. The number of hydrogen-bond donors (Lipinski definition) is 1. The summed E-state index contributed by atoms with van der Waals surface area (Å²) in [6.07, 6.45) is 0. The molecule has 4 nitrogen and oxygen atoms in total. The zero-order valence-corrected chi connectivity index (χ0v) is 12.0. The fourth-order valence-electron chi connectivity index (χ4n) is 2.60. The lowest BCUT2D eigenvalue weighted by atomic mass is 9.96. The summed E-state index contributed by atoms with van der Waals surface area (Å²) in [4.78, 5) is 18.9. The van der Waals surface area contributed by atoms with Gasteiger partial charge in [-0.3, -0.25) is 9.78 Å². The van der Waals surface area contributed by atoms with Crippen molar-refractivity contribution in [3.63, 3.8) is 0 Å². The van der Waals surface area contributed by atoms with Crippen molar-refractivity contribution < 1.29 is 4.79 Å². The van der Waals surface area contributed by atoms with E-state index in [0.717, 1.165) is 31.0 Å². The van der Waals surface area contributed by atoms with Gasteiger partial charge in [-0.15, -0.1) is 0 Å². The van der Waals surface area contributed by atoms with E-state index < -0.39 is 0 Å². The smallest absolute Gasteiger partial charge is 0.227 e. The number of pyridine rings is 1. The molecule has 0 unspecified atom stereocenters. The van der Waals surface area contributed by atoms with Gasteiger partial charge in [-0.2, -0.15) is 0 Å². The van der Waals surface area contributed by atoms with Crippen molar-refractivity contribution in [2.75, 3.05) is 19.6 Å². The van der Waals surface area contributed by atoms with Crippen LogP contribution in [-0.2, 0) is 11.3 Å². The topological polar surface area (TPSA) is 45.2 Å². The van der Waals surface area contributed by atoms with Crippen LogP contribution >= 0.6 is 0 Å². The highest BCUT2D eigenvalue weighted by molar-refractivity contribution is 5.79. The molecule has 1 aliphatic heterocycles. The van der Waals surface area contributed by atoms with Crippen LogP contribution in [0.5, 0.6) is 0 Å². The predicted octanol–water partition coefficient (Wildman–Crippen LogP) is 1.59. The third kappa shape index (κ3) is 3.32. The van der Waals surface area contributed by atoms with Crippen LogP contribution in [0.15, 0.2) is 18.2 Å². The molecule has 2 rings (SSSR count). The Bertz CT molecular complexity index is 447. The Morgan fingerprint density at radius 2 is 2.26 bits per heavy atom. The van der Waals surface area contributed by atoms with Gasteiger partial charge in [0, 0.05) is 18.8 Å². The van der Waals surface area contributed by atoms with E-state index in [-0.39, 0.29) is 11.8 Å². The number of carbonyl (C=O) groups excluding carboxylic acids is 1. The third-order valence-electron chi connectivity index (χ3n) is 3.83. The molecular weight excluding hydrogens is 238 g/mol. The number of nitrogens with one attached hydrogen (secondary N) is 1. The fourth-order valence-corrected chi connectivity index (χ4v) is 2.60. The Balaban J connectivity index is 2.05. The Labute approximate surface area is 115 Å². The SMILES string of the molecule is CCN(Cc1cccc(C)n1)C(=O)[C@@H]1CNC[C@H]1C. The van der Waals surface area contributed by atoms with Crippen molar-refractivity contribution in [3.05, 3.63) is 29.6 Å². The molecule has 1 amide bonds. The van der Waals surface area contributed by atoms with Gasteiger partial charge in [0.25, 0.3) is 0 Å². The van der Waals surface area contributed by atoms with Gasteiger partial charge < -0.3 is 10.2 Å². The van der Waals surface area contributed by atoms with Crippen molar-refractivity contribution in [1.29, 1.82) is 0 Å². The van der Waals surface area contributed by atoms with E-state index in [9.17, 15) is 4.79 Å². The van der Waals surface area contributed by atoms with Crippen LogP contribution in [0.25, 0.3) is 0 Å². The summed E-state index contributed by atoms with van der Waals surface area (Å²) in [5, 5.41) is 3.29. The zero-order valence-electron chi connectivity index (χ0n) is 12.0. The van der Waals surface area contributed by atoms with Crippen LogP contribution in [0.4, 0.5) is 0 Å². The summed E-state index contributed by atoms with van der Waals surface area (Å²) in [5.74, 6) is 0.792. The molecule has 0 radical (unpaired) electrons. The van der Waals surface area contributed by atoms with Gasteiger partial charge in [0.05, 0.1) is 18.2 Å². The van der Waals surface area contributed by atoms with E-state index in [4.69, 9.17) is 0 Å². The van der Waals surface area contributed by atoms with Gasteiger partial charge in [0.15, 0.2) is 0 Å². The first-order chi connectivity index (χ1) is 9.11. The van der Waals surface area contributed by atoms with Gasteiger partial charge in [-0.05, 0) is 38.4 Å². The molecule has 1 saturated heterocycles.